The Labute approximate surface area is 118 Å². The number of rotatable bonds is 6. The molecule has 1 aromatic heterocycles. The Kier molecular flexibility index (Phi) is 4.99. The largest absolute Gasteiger partial charge is 0.312 e. The quantitative estimate of drug-likeness (QED) is 0.881. The molecule has 0 saturated carbocycles. The molecule has 0 radical (unpaired) electrons. The molecule has 1 N–H and O–H groups in total. The van der Waals surface area contributed by atoms with Gasteiger partial charge >= 0.3 is 0 Å². The second-order valence-electron chi connectivity index (χ2n) is 4.96. The van der Waals surface area contributed by atoms with Crippen molar-refractivity contribution < 1.29 is 0 Å². The summed E-state index contributed by atoms with van der Waals surface area (Å²) in [6.07, 6.45) is 1.72. The Balaban J connectivity index is 2.06. The summed E-state index contributed by atoms with van der Waals surface area (Å²) >= 11 is 1.66. The Hall–Kier alpha value is -1.33. The third kappa shape index (κ3) is 4.08. The van der Waals surface area contributed by atoms with Gasteiger partial charge in [-0.3, -0.25) is 0 Å². The SMILES string of the molecule is CC(C)CNCc1ccccc1Sc1nncn1C. The van der Waals surface area contributed by atoms with E-state index in [-0.39, 0.29) is 0 Å². The van der Waals surface area contributed by atoms with Crippen LogP contribution in [0.1, 0.15) is 19.4 Å². The third-order valence-corrected chi connectivity index (χ3v) is 3.88. The van der Waals surface area contributed by atoms with E-state index in [1.54, 1.807) is 18.1 Å². The minimum Gasteiger partial charge on any atom is -0.312 e. The van der Waals surface area contributed by atoms with Crippen molar-refractivity contribution in [3.63, 3.8) is 0 Å². The molecule has 0 atom stereocenters. The number of hydrogen-bond acceptors (Lipinski definition) is 4. The van der Waals surface area contributed by atoms with Gasteiger partial charge < -0.3 is 9.88 Å². The second kappa shape index (κ2) is 6.73. The highest BCUT2D eigenvalue weighted by molar-refractivity contribution is 7.99. The first-order valence-corrected chi connectivity index (χ1v) is 7.29. The molecule has 5 heteroatoms. The number of aromatic nitrogens is 3. The van der Waals surface area contributed by atoms with Gasteiger partial charge in [0, 0.05) is 18.5 Å². The molecule has 0 aliphatic carbocycles. The molecule has 1 heterocycles. The topological polar surface area (TPSA) is 42.7 Å². The molecule has 0 fully saturated rings. The van der Waals surface area contributed by atoms with Crippen LogP contribution in [0.4, 0.5) is 0 Å². The highest BCUT2D eigenvalue weighted by atomic mass is 32.2. The van der Waals surface area contributed by atoms with Gasteiger partial charge in [0.25, 0.3) is 0 Å². The monoisotopic (exact) mass is 276 g/mol. The van der Waals surface area contributed by atoms with Crippen molar-refractivity contribution in [2.75, 3.05) is 6.54 Å². The van der Waals surface area contributed by atoms with Crippen LogP contribution in [0, 0.1) is 5.92 Å². The van der Waals surface area contributed by atoms with Gasteiger partial charge in [0.1, 0.15) is 6.33 Å². The van der Waals surface area contributed by atoms with Crippen molar-refractivity contribution in [1.29, 1.82) is 0 Å². The smallest absolute Gasteiger partial charge is 0.195 e. The summed E-state index contributed by atoms with van der Waals surface area (Å²) in [6.45, 7) is 6.35. The highest BCUT2D eigenvalue weighted by Gasteiger charge is 2.07. The Morgan fingerprint density at radius 1 is 1.32 bits per heavy atom. The standard InChI is InChI=1S/C14H20N4S/c1-11(2)8-15-9-12-6-4-5-7-13(12)19-14-17-16-10-18(14)3/h4-7,10-11,15H,8-9H2,1-3H3. The number of benzene rings is 1. The van der Waals surface area contributed by atoms with E-state index in [9.17, 15) is 0 Å². The van der Waals surface area contributed by atoms with E-state index in [0.29, 0.717) is 5.92 Å². The zero-order chi connectivity index (χ0) is 13.7. The molecule has 2 rings (SSSR count). The van der Waals surface area contributed by atoms with Gasteiger partial charge in [-0.05, 0) is 35.9 Å². The van der Waals surface area contributed by atoms with Crippen LogP contribution < -0.4 is 5.32 Å². The van der Waals surface area contributed by atoms with E-state index in [0.717, 1.165) is 18.2 Å². The average molecular weight is 276 g/mol. The fraction of sp³-hybridized carbons (Fsp3) is 0.429. The summed E-state index contributed by atoms with van der Waals surface area (Å²) in [7, 11) is 1.96. The van der Waals surface area contributed by atoms with Crippen molar-refractivity contribution in [2.24, 2.45) is 13.0 Å². The molecule has 4 nitrogen and oxygen atoms in total. The van der Waals surface area contributed by atoms with Gasteiger partial charge in [0.15, 0.2) is 5.16 Å². The fourth-order valence-electron chi connectivity index (χ4n) is 1.71. The normalized spacial score (nSPS) is 11.2. The molecule has 0 aliphatic rings. The maximum Gasteiger partial charge on any atom is 0.195 e. The maximum absolute atomic E-state index is 4.12. The molecule has 0 spiro atoms. The third-order valence-electron chi connectivity index (χ3n) is 2.71. The average Bonchev–Trinajstić information content (AvgIpc) is 2.77. The van der Waals surface area contributed by atoms with Crippen LogP contribution >= 0.6 is 11.8 Å². The molecule has 2 aromatic rings. The zero-order valence-corrected chi connectivity index (χ0v) is 12.4. The van der Waals surface area contributed by atoms with Crippen molar-refractivity contribution in [2.45, 2.75) is 30.4 Å². The molecule has 0 bridgehead atoms. The number of aryl methyl sites for hydroxylation is 1. The lowest BCUT2D eigenvalue weighted by molar-refractivity contribution is 0.550. The summed E-state index contributed by atoms with van der Waals surface area (Å²) in [6, 6.07) is 8.43. The summed E-state index contributed by atoms with van der Waals surface area (Å²) in [4.78, 5) is 1.23. The van der Waals surface area contributed by atoms with Gasteiger partial charge in [-0.2, -0.15) is 0 Å². The highest BCUT2D eigenvalue weighted by Crippen LogP contribution is 2.28. The van der Waals surface area contributed by atoms with Gasteiger partial charge in [-0.15, -0.1) is 10.2 Å². The van der Waals surface area contributed by atoms with Crippen molar-refractivity contribution in [3.05, 3.63) is 36.2 Å². The number of nitrogens with one attached hydrogen (secondary N) is 1. The van der Waals surface area contributed by atoms with E-state index >= 15 is 0 Å². The lowest BCUT2D eigenvalue weighted by atomic mass is 10.2. The maximum atomic E-state index is 4.12. The first-order chi connectivity index (χ1) is 9.16. The first kappa shape index (κ1) is 14.1. The van der Waals surface area contributed by atoms with Gasteiger partial charge in [0.2, 0.25) is 0 Å². The Morgan fingerprint density at radius 2 is 2.11 bits per heavy atom. The summed E-state index contributed by atoms with van der Waals surface area (Å²) in [5.41, 5.74) is 1.30. The summed E-state index contributed by atoms with van der Waals surface area (Å²) in [5.74, 6) is 0.665. The predicted octanol–water partition coefficient (Wildman–Crippen LogP) is 2.71. The molecule has 1 aromatic carbocycles. The van der Waals surface area contributed by atoms with Crippen molar-refractivity contribution in [1.82, 2.24) is 20.1 Å². The lowest BCUT2D eigenvalue weighted by Crippen LogP contribution is -2.19. The van der Waals surface area contributed by atoms with E-state index in [2.05, 4.69) is 53.6 Å². The van der Waals surface area contributed by atoms with Crippen LogP contribution in [0.5, 0.6) is 0 Å². The minimum absolute atomic E-state index is 0.665. The van der Waals surface area contributed by atoms with Crippen molar-refractivity contribution in [3.8, 4) is 0 Å². The van der Waals surface area contributed by atoms with Crippen LogP contribution in [-0.4, -0.2) is 21.3 Å². The molecular formula is C14H20N4S. The van der Waals surface area contributed by atoms with Crippen LogP contribution in [0.3, 0.4) is 0 Å². The van der Waals surface area contributed by atoms with E-state index < -0.39 is 0 Å². The Morgan fingerprint density at radius 3 is 2.79 bits per heavy atom. The molecule has 0 aliphatic heterocycles. The molecule has 102 valence electrons. The predicted molar refractivity (Wildman–Crippen MR) is 78.1 cm³/mol. The van der Waals surface area contributed by atoms with Gasteiger partial charge in [0.05, 0.1) is 0 Å². The van der Waals surface area contributed by atoms with Gasteiger partial charge in [-0.25, -0.2) is 0 Å². The molecule has 19 heavy (non-hydrogen) atoms. The Bertz CT molecular complexity index is 522. The van der Waals surface area contributed by atoms with E-state index in [1.807, 2.05) is 11.6 Å². The molecule has 0 amide bonds. The molecule has 0 unspecified atom stereocenters. The lowest BCUT2D eigenvalue weighted by Gasteiger charge is -2.11. The summed E-state index contributed by atoms with van der Waals surface area (Å²) in [5, 5.41) is 12.4. The number of nitrogens with zero attached hydrogens (tertiary/aromatic N) is 3. The van der Waals surface area contributed by atoms with Gasteiger partial charge in [-0.1, -0.05) is 32.0 Å². The first-order valence-electron chi connectivity index (χ1n) is 6.47. The van der Waals surface area contributed by atoms with Crippen molar-refractivity contribution >= 4 is 11.8 Å². The van der Waals surface area contributed by atoms with E-state index in [1.165, 1.54) is 10.5 Å². The zero-order valence-electron chi connectivity index (χ0n) is 11.6. The number of hydrogen-bond donors (Lipinski definition) is 1. The van der Waals surface area contributed by atoms with Crippen LogP contribution in [0.15, 0.2) is 40.6 Å². The van der Waals surface area contributed by atoms with Crippen LogP contribution in [0.2, 0.25) is 0 Å². The second-order valence-corrected chi connectivity index (χ2v) is 5.97. The van der Waals surface area contributed by atoms with E-state index in [4.69, 9.17) is 0 Å². The van der Waals surface area contributed by atoms with Crippen LogP contribution in [0.25, 0.3) is 0 Å². The minimum atomic E-state index is 0.665. The fourth-order valence-corrected chi connectivity index (χ4v) is 2.60. The van der Waals surface area contributed by atoms with Crippen LogP contribution in [-0.2, 0) is 13.6 Å². The molecular weight excluding hydrogens is 256 g/mol. The summed E-state index contributed by atoms with van der Waals surface area (Å²) < 4.78 is 1.93. The molecule has 0 saturated heterocycles.